The minimum Gasteiger partial charge on any atom is -0.362 e. The average molecular weight is 264 g/mol. The number of fused-ring (bicyclic) bond motifs is 1. The van der Waals surface area contributed by atoms with E-state index in [2.05, 4.69) is 26.6 Å². The van der Waals surface area contributed by atoms with Crippen molar-refractivity contribution in [1.82, 2.24) is 19.7 Å². The van der Waals surface area contributed by atoms with Gasteiger partial charge in [-0.15, -0.1) is 10.2 Å². The van der Waals surface area contributed by atoms with Crippen molar-refractivity contribution in [2.75, 3.05) is 5.32 Å². The smallest absolute Gasteiger partial charge is 0.151 e. The van der Waals surface area contributed by atoms with E-state index < -0.39 is 0 Å². The Kier molecular flexibility index (Phi) is 3.01. The van der Waals surface area contributed by atoms with E-state index in [9.17, 15) is 5.26 Å². The molecule has 0 unspecified atom stereocenters. The second kappa shape index (κ2) is 4.97. The van der Waals surface area contributed by atoms with Crippen molar-refractivity contribution >= 4 is 16.7 Å². The predicted molar refractivity (Wildman–Crippen MR) is 74.8 cm³/mol. The van der Waals surface area contributed by atoms with Gasteiger partial charge in [-0.1, -0.05) is 18.2 Å². The molecule has 0 amide bonds. The lowest BCUT2D eigenvalue weighted by Crippen LogP contribution is -2.08. The van der Waals surface area contributed by atoms with Gasteiger partial charge in [-0.3, -0.25) is 0 Å². The number of hydrogen-bond acceptors (Lipinski definition) is 5. The van der Waals surface area contributed by atoms with Crippen LogP contribution in [0.25, 0.3) is 10.9 Å². The Morgan fingerprint density at radius 3 is 2.95 bits per heavy atom. The molecule has 0 saturated heterocycles. The molecule has 3 aromatic rings. The Hall–Kier alpha value is -2.94. The zero-order valence-electron chi connectivity index (χ0n) is 10.9. The van der Waals surface area contributed by atoms with Crippen LogP contribution < -0.4 is 5.32 Å². The van der Waals surface area contributed by atoms with E-state index in [0.717, 1.165) is 16.7 Å². The van der Waals surface area contributed by atoms with Crippen LogP contribution in [0.15, 0.2) is 36.7 Å². The third-order valence-electron chi connectivity index (χ3n) is 3.06. The van der Waals surface area contributed by atoms with Gasteiger partial charge in [-0.25, -0.2) is 4.98 Å². The molecule has 0 atom stereocenters. The van der Waals surface area contributed by atoms with Crippen molar-refractivity contribution in [2.24, 2.45) is 7.05 Å². The maximum absolute atomic E-state index is 9.23. The zero-order valence-corrected chi connectivity index (χ0v) is 10.9. The molecule has 0 saturated carbocycles. The second-order valence-corrected chi connectivity index (χ2v) is 4.40. The van der Waals surface area contributed by atoms with Crippen LogP contribution in [0.3, 0.4) is 0 Å². The minimum absolute atomic E-state index is 0.469. The van der Waals surface area contributed by atoms with Crippen LogP contribution >= 0.6 is 0 Å². The van der Waals surface area contributed by atoms with Gasteiger partial charge in [0.15, 0.2) is 5.82 Å². The third kappa shape index (κ3) is 2.17. The lowest BCUT2D eigenvalue weighted by atomic mass is 10.1. The fourth-order valence-corrected chi connectivity index (χ4v) is 1.97. The summed E-state index contributed by atoms with van der Waals surface area (Å²) in [5.74, 6) is 1.35. The van der Waals surface area contributed by atoms with Gasteiger partial charge in [0.25, 0.3) is 0 Å². The molecule has 1 N–H and O–H groups in total. The maximum atomic E-state index is 9.23. The first-order valence-corrected chi connectivity index (χ1v) is 6.14. The minimum atomic E-state index is 0.469. The highest BCUT2D eigenvalue weighted by atomic mass is 15.3. The van der Waals surface area contributed by atoms with Gasteiger partial charge in [0.05, 0.1) is 17.6 Å². The number of para-hydroxylation sites is 1. The van der Waals surface area contributed by atoms with Crippen LogP contribution in [-0.4, -0.2) is 19.7 Å². The van der Waals surface area contributed by atoms with E-state index in [4.69, 9.17) is 0 Å². The lowest BCUT2D eigenvalue weighted by Gasteiger charge is -2.08. The molecular weight excluding hydrogens is 252 g/mol. The van der Waals surface area contributed by atoms with E-state index in [1.54, 1.807) is 6.33 Å². The van der Waals surface area contributed by atoms with Gasteiger partial charge < -0.3 is 9.88 Å². The number of nitrogens with one attached hydrogen (secondary N) is 1. The summed E-state index contributed by atoms with van der Waals surface area (Å²) in [4.78, 5) is 4.48. The summed E-state index contributed by atoms with van der Waals surface area (Å²) in [6, 6.07) is 11.7. The normalized spacial score (nSPS) is 10.4. The van der Waals surface area contributed by atoms with Crippen molar-refractivity contribution < 1.29 is 0 Å². The molecule has 0 bridgehead atoms. The first-order valence-electron chi connectivity index (χ1n) is 6.14. The van der Waals surface area contributed by atoms with Crippen molar-refractivity contribution in [2.45, 2.75) is 6.54 Å². The van der Waals surface area contributed by atoms with E-state index in [0.29, 0.717) is 17.9 Å². The number of aromatic nitrogens is 4. The van der Waals surface area contributed by atoms with E-state index in [1.165, 1.54) is 0 Å². The Balaban J connectivity index is 1.94. The van der Waals surface area contributed by atoms with E-state index in [1.807, 2.05) is 41.9 Å². The first-order chi connectivity index (χ1) is 9.78. The van der Waals surface area contributed by atoms with Crippen molar-refractivity contribution in [1.29, 1.82) is 5.26 Å². The van der Waals surface area contributed by atoms with Gasteiger partial charge in [0.2, 0.25) is 0 Å². The Morgan fingerprint density at radius 2 is 2.20 bits per heavy atom. The monoisotopic (exact) mass is 264 g/mol. The summed E-state index contributed by atoms with van der Waals surface area (Å²) in [5.41, 5.74) is 1.37. The quantitative estimate of drug-likeness (QED) is 0.781. The molecule has 2 heterocycles. The number of benzene rings is 1. The molecule has 6 heteroatoms. The Morgan fingerprint density at radius 1 is 1.35 bits per heavy atom. The van der Waals surface area contributed by atoms with Crippen molar-refractivity contribution in [3.63, 3.8) is 0 Å². The standard InChI is InChI=1S/C14H12N6/c1-20-9-17-19-13(20)8-16-14-11(7-15)6-10-4-2-3-5-12(10)18-14/h2-6,9H,8H2,1H3,(H,16,18). The van der Waals surface area contributed by atoms with Gasteiger partial charge >= 0.3 is 0 Å². The number of pyridine rings is 1. The summed E-state index contributed by atoms with van der Waals surface area (Å²) in [7, 11) is 1.87. The highest BCUT2D eigenvalue weighted by Gasteiger charge is 2.07. The number of nitriles is 1. The molecule has 2 aromatic heterocycles. The van der Waals surface area contributed by atoms with E-state index in [-0.39, 0.29) is 0 Å². The third-order valence-corrected chi connectivity index (χ3v) is 3.06. The number of nitrogens with zero attached hydrogens (tertiary/aromatic N) is 5. The van der Waals surface area contributed by atoms with Crippen LogP contribution in [0, 0.1) is 11.3 Å². The summed E-state index contributed by atoms with van der Waals surface area (Å²) < 4.78 is 1.82. The Labute approximate surface area is 115 Å². The van der Waals surface area contributed by atoms with Crippen LogP contribution in [-0.2, 0) is 13.6 Å². The molecule has 20 heavy (non-hydrogen) atoms. The average Bonchev–Trinajstić information content (AvgIpc) is 2.89. The maximum Gasteiger partial charge on any atom is 0.151 e. The van der Waals surface area contributed by atoms with Gasteiger partial charge in [-0.2, -0.15) is 5.26 Å². The molecular formula is C14H12N6. The highest BCUT2D eigenvalue weighted by molar-refractivity contribution is 5.82. The number of rotatable bonds is 3. The molecule has 1 aromatic carbocycles. The largest absolute Gasteiger partial charge is 0.362 e. The molecule has 0 aliphatic heterocycles. The van der Waals surface area contributed by atoms with Crippen molar-refractivity contribution in [3.8, 4) is 6.07 Å². The molecule has 0 aliphatic rings. The SMILES string of the molecule is Cn1cnnc1CNc1nc2ccccc2cc1C#N. The lowest BCUT2D eigenvalue weighted by molar-refractivity contribution is 0.810. The summed E-state index contributed by atoms with van der Waals surface area (Å²) in [5, 5.41) is 21.1. The summed E-state index contributed by atoms with van der Waals surface area (Å²) in [6.07, 6.45) is 1.63. The van der Waals surface area contributed by atoms with E-state index >= 15 is 0 Å². The Bertz CT molecular complexity index is 799. The molecule has 98 valence electrons. The molecule has 0 radical (unpaired) electrons. The number of hydrogen-bond donors (Lipinski definition) is 1. The van der Waals surface area contributed by atoms with Crippen LogP contribution in [0.4, 0.5) is 5.82 Å². The van der Waals surface area contributed by atoms with Crippen molar-refractivity contribution in [3.05, 3.63) is 48.0 Å². The number of anilines is 1. The fraction of sp³-hybridized carbons (Fsp3) is 0.143. The molecule has 6 nitrogen and oxygen atoms in total. The molecule has 0 aliphatic carbocycles. The van der Waals surface area contributed by atoms with Crippen LogP contribution in [0.1, 0.15) is 11.4 Å². The van der Waals surface area contributed by atoms with Crippen LogP contribution in [0.5, 0.6) is 0 Å². The molecule has 0 fully saturated rings. The highest BCUT2D eigenvalue weighted by Crippen LogP contribution is 2.20. The molecule has 0 spiro atoms. The summed E-state index contributed by atoms with van der Waals surface area (Å²) >= 11 is 0. The fourth-order valence-electron chi connectivity index (χ4n) is 1.97. The molecule has 3 rings (SSSR count). The second-order valence-electron chi connectivity index (χ2n) is 4.40. The predicted octanol–water partition coefficient (Wildman–Crippen LogP) is 1.85. The van der Waals surface area contributed by atoms with Crippen LogP contribution in [0.2, 0.25) is 0 Å². The van der Waals surface area contributed by atoms with Gasteiger partial charge in [0, 0.05) is 12.4 Å². The summed E-state index contributed by atoms with van der Waals surface area (Å²) in [6.45, 7) is 0.469. The number of aryl methyl sites for hydroxylation is 1. The van der Waals surface area contributed by atoms with Gasteiger partial charge in [-0.05, 0) is 12.1 Å². The topological polar surface area (TPSA) is 79.4 Å². The van der Waals surface area contributed by atoms with Gasteiger partial charge in [0.1, 0.15) is 18.2 Å². The first kappa shape index (κ1) is 12.1. The zero-order chi connectivity index (χ0) is 13.9.